The molecular formula is C13H17BrClNO4. The van der Waals surface area contributed by atoms with Gasteiger partial charge < -0.3 is 19.9 Å². The lowest BCUT2D eigenvalue weighted by Crippen LogP contribution is -2.37. The van der Waals surface area contributed by atoms with Gasteiger partial charge >= 0.3 is 5.97 Å². The summed E-state index contributed by atoms with van der Waals surface area (Å²) >= 11 is 3.45. The monoisotopic (exact) mass is 365 g/mol. The van der Waals surface area contributed by atoms with Crippen LogP contribution in [0.4, 0.5) is 0 Å². The Bertz CT molecular complexity index is 521. The van der Waals surface area contributed by atoms with E-state index in [0.717, 1.165) is 10.0 Å². The van der Waals surface area contributed by atoms with E-state index in [-0.39, 0.29) is 25.2 Å². The van der Waals surface area contributed by atoms with Gasteiger partial charge in [-0.05, 0) is 31.5 Å². The van der Waals surface area contributed by atoms with E-state index < -0.39 is 11.5 Å². The number of esters is 1. The molecule has 5 nitrogen and oxygen atoms in total. The predicted octanol–water partition coefficient (Wildman–Crippen LogP) is 2.80. The fraction of sp³-hybridized carbons (Fsp3) is 0.462. The SMILES string of the molecule is COC(=O)C(C)(C)[C@@H](N)c1cc2c(cc1Br)OCO2.Cl. The van der Waals surface area contributed by atoms with Crippen molar-refractivity contribution in [3.05, 3.63) is 22.2 Å². The summed E-state index contributed by atoms with van der Waals surface area (Å²) in [5, 5.41) is 0. The van der Waals surface area contributed by atoms with Gasteiger partial charge in [-0.2, -0.15) is 0 Å². The zero-order valence-corrected chi connectivity index (χ0v) is 13.8. The molecule has 1 aromatic rings. The number of nitrogens with two attached hydrogens (primary N) is 1. The van der Waals surface area contributed by atoms with Gasteiger partial charge in [-0.3, -0.25) is 4.79 Å². The van der Waals surface area contributed by atoms with Crippen LogP contribution in [-0.4, -0.2) is 19.9 Å². The molecule has 1 atom stereocenters. The summed E-state index contributed by atoms with van der Waals surface area (Å²) in [6.45, 7) is 3.70. The Hall–Kier alpha value is -0.980. The van der Waals surface area contributed by atoms with Gasteiger partial charge in [0.05, 0.1) is 12.5 Å². The topological polar surface area (TPSA) is 70.8 Å². The third-order valence-corrected chi connectivity index (χ3v) is 4.00. The smallest absolute Gasteiger partial charge is 0.313 e. The Morgan fingerprint density at radius 3 is 2.50 bits per heavy atom. The number of methoxy groups -OCH3 is 1. The maximum Gasteiger partial charge on any atom is 0.313 e. The highest BCUT2D eigenvalue weighted by Gasteiger charge is 2.38. The van der Waals surface area contributed by atoms with Crippen LogP contribution in [0.15, 0.2) is 16.6 Å². The Morgan fingerprint density at radius 1 is 1.40 bits per heavy atom. The number of hydrogen-bond donors (Lipinski definition) is 1. The molecule has 0 bridgehead atoms. The van der Waals surface area contributed by atoms with Crippen molar-refractivity contribution in [2.24, 2.45) is 11.1 Å². The first-order valence-electron chi connectivity index (χ1n) is 5.81. The lowest BCUT2D eigenvalue weighted by molar-refractivity contribution is -0.152. The van der Waals surface area contributed by atoms with Crippen LogP contribution in [-0.2, 0) is 9.53 Å². The summed E-state index contributed by atoms with van der Waals surface area (Å²) in [6, 6.07) is 3.07. The van der Waals surface area contributed by atoms with E-state index in [1.54, 1.807) is 26.0 Å². The number of ether oxygens (including phenoxy) is 3. The molecule has 20 heavy (non-hydrogen) atoms. The molecule has 2 rings (SSSR count). The fourth-order valence-corrected chi connectivity index (χ4v) is 2.52. The highest BCUT2D eigenvalue weighted by atomic mass is 79.9. The molecule has 0 aromatic heterocycles. The minimum Gasteiger partial charge on any atom is -0.469 e. The third kappa shape index (κ3) is 2.87. The van der Waals surface area contributed by atoms with Gasteiger partial charge in [-0.1, -0.05) is 15.9 Å². The van der Waals surface area contributed by atoms with Gasteiger partial charge in [0.25, 0.3) is 0 Å². The first kappa shape index (κ1) is 17.1. The molecule has 0 radical (unpaired) electrons. The molecule has 112 valence electrons. The quantitative estimate of drug-likeness (QED) is 0.833. The molecule has 0 saturated carbocycles. The summed E-state index contributed by atoms with van der Waals surface area (Å²) in [7, 11) is 1.35. The molecule has 1 heterocycles. The van der Waals surface area contributed by atoms with E-state index >= 15 is 0 Å². The van der Waals surface area contributed by atoms with Crippen molar-refractivity contribution in [1.29, 1.82) is 0 Å². The standard InChI is InChI=1S/C13H16BrNO4.ClH/c1-13(2,12(16)17-3)11(15)7-4-9-10(5-8(7)14)19-6-18-9;/h4-5,11H,6,15H2,1-3H3;1H/t11-;/m0./s1. The van der Waals surface area contributed by atoms with Crippen LogP contribution < -0.4 is 15.2 Å². The molecule has 2 N–H and O–H groups in total. The van der Waals surface area contributed by atoms with Crippen LogP contribution in [0.5, 0.6) is 11.5 Å². The van der Waals surface area contributed by atoms with Crippen LogP contribution in [0.3, 0.4) is 0 Å². The molecule has 0 aliphatic carbocycles. The number of rotatable bonds is 3. The van der Waals surface area contributed by atoms with Crippen molar-refractivity contribution in [2.45, 2.75) is 19.9 Å². The first-order valence-corrected chi connectivity index (χ1v) is 6.60. The molecule has 7 heteroatoms. The van der Waals surface area contributed by atoms with Crippen molar-refractivity contribution in [3.8, 4) is 11.5 Å². The average Bonchev–Trinajstić information content (AvgIpc) is 2.82. The maximum absolute atomic E-state index is 11.8. The van der Waals surface area contributed by atoms with E-state index in [9.17, 15) is 4.79 Å². The van der Waals surface area contributed by atoms with Gasteiger partial charge in [0, 0.05) is 10.5 Å². The van der Waals surface area contributed by atoms with Crippen molar-refractivity contribution >= 4 is 34.3 Å². The van der Waals surface area contributed by atoms with Crippen molar-refractivity contribution in [1.82, 2.24) is 0 Å². The summed E-state index contributed by atoms with van der Waals surface area (Å²) in [5.41, 5.74) is 6.15. The molecule has 0 amide bonds. The molecule has 0 saturated heterocycles. The van der Waals surface area contributed by atoms with E-state index in [2.05, 4.69) is 15.9 Å². The minimum absolute atomic E-state index is 0. The van der Waals surface area contributed by atoms with Gasteiger partial charge in [0.2, 0.25) is 6.79 Å². The van der Waals surface area contributed by atoms with Gasteiger partial charge in [-0.25, -0.2) is 0 Å². The number of fused-ring (bicyclic) bond motifs is 1. The molecule has 0 spiro atoms. The highest BCUT2D eigenvalue weighted by Crippen LogP contribution is 2.42. The van der Waals surface area contributed by atoms with Gasteiger partial charge in [-0.15, -0.1) is 12.4 Å². The second kappa shape index (κ2) is 6.20. The number of benzene rings is 1. The number of carbonyl (C=O) groups excluding carboxylic acids is 1. The summed E-state index contributed by atoms with van der Waals surface area (Å²) < 4.78 is 16.2. The summed E-state index contributed by atoms with van der Waals surface area (Å²) in [5.74, 6) is 0.942. The summed E-state index contributed by atoms with van der Waals surface area (Å²) in [6.07, 6.45) is 0. The summed E-state index contributed by atoms with van der Waals surface area (Å²) in [4.78, 5) is 11.8. The first-order chi connectivity index (χ1) is 8.87. The second-order valence-electron chi connectivity index (χ2n) is 4.92. The van der Waals surface area contributed by atoms with Crippen LogP contribution in [0.2, 0.25) is 0 Å². The van der Waals surface area contributed by atoms with Gasteiger partial charge in [0.1, 0.15) is 0 Å². The Kier molecular flexibility index (Phi) is 5.29. The van der Waals surface area contributed by atoms with Crippen molar-refractivity contribution in [3.63, 3.8) is 0 Å². The van der Waals surface area contributed by atoms with E-state index in [4.69, 9.17) is 19.9 Å². The molecule has 1 aliphatic heterocycles. The van der Waals surface area contributed by atoms with Crippen LogP contribution in [0.25, 0.3) is 0 Å². The predicted molar refractivity (Wildman–Crippen MR) is 80.2 cm³/mol. The zero-order chi connectivity index (χ0) is 14.2. The van der Waals surface area contributed by atoms with Gasteiger partial charge in [0.15, 0.2) is 11.5 Å². The maximum atomic E-state index is 11.8. The number of carbonyl (C=O) groups is 1. The largest absolute Gasteiger partial charge is 0.469 e. The van der Waals surface area contributed by atoms with E-state index in [1.165, 1.54) is 7.11 Å². The highest BCUT2D eigenvalue weighted by molar-refractivity contribution is 9.10. The number of hydrogen-bond acceptors (Lipinski definition) is 5. The number of halogens is 2. The lowest BCUT2D eigenvalue weighted by atomic mass is 9.81. The van der Waals surface area contributed by atoms with E-state index in [1.807, 2.05) is 0 Å². The Balaban J connectivity index is 0.00000200. The van der Waals surface area contributed by atoms with E-state index in [0.29, 0.717) is 11.5 Å². The molecule has 1 aromatic carbocycles. The molecule has 1 aliphatic rings. The van der Waals surface area contributed by atoms with Crippen LogP contribution in [0.1, 0.15) is 25.5 Å². The van der Waals surface area contributed by atoms with Crippen molar-refractivity contribution < 1.29 is 19.0 Å². The van der Waals surface area contributed by atoms with Crippen LogP contribution in [0, 0.1) is 5.41 Å². The normalized spacial score (nSPS) is 14.4. The average molecular weight is 367 g/mol. The zero-order valence-electron chi connectivity index (χ0n) is 11.4. The Morgan fingerprint density at radius 2 is 1.95 bits per heavy atom. The van der Waals surface area contributed by atoms with Crippen LogP contribution >= 0.6 is 28.3 Å². The lowest BCUT2D eigenvalue weighted by Gasteiger charge is -2.29. The third-order valence-electron chi connectivity index (χ3n) is 3.32. The minimum atomic E-state index is -0.842. The fourth-order valence-electron chi connectivity index (χ4n) is 1.95. The van der Waals surface area contributed by atoms with Crippen molar-refractivity contribution in [2.75, 3.05) is 13.9 Å². The molecular weight excluding hydrogens is 350 g/mol. The second-order valence-corrected chi connectivity index (χ2v) is 5.77. The Labute approximate surface area is 132 Å². The molecule has 0 unspecified atom stereocenters. The molecule has 0 fully saturated rings.